The van der Waals surface area contributed by atoms with Gasteiger partial charge in [-0.15, -0.1) is 0 Å². The number of sulfonamides is 1. The highest BCUT2D eigenvalue weighted by atomic mass is 32.2. The van der Waals surface area contributed by atoms with Crippen LogP contribution in [0.4, 0.5) is 5.69 Å². The maximum atomic E-state index is 13.0. The smallest absolute Gasteiger partial charge is 0.300 e. The minimum atomic E-state index is -3.86. The first kappa shape index (κ1) is 23.7. The third-order valence-corrected chi connectivity index (χ3v) is 7.31. The highest BCUT2D eigenvalue weighted by Gasteiger charge is 2.32. The Labute approximate surface area is 200 Å². The third-order valence-electron chi connectivity index (χ3n) is 5.85. The molecule has 4 rings (SSSR count). The molecule has 0 heterocycles. The number of aryl methyl sites for hydroxylation is 2. The van der Waals surface area contributed by atoms with Crippen LogP contribution in [0.5, 0.6) is 0 Å². The van der Waals surface area contributed by atoms with Gasteiger partial charge in [-0.3, -0.25) is 4.79 Å². The minimum absolute atomic E-state index is 0.143. The largest absolute Gasteiger partial charge is 0.391 e. The lowest BCUT2D eigenvalue weighted by atomic mass is 9.86. The number of amides is 1. The normalized spacial score (nSPS) is 17.2. The Kier molecular flexibility index (Phi) is 7.13. The first-order valence-corrected chi connectivity index (χ1v) is 12.6. The molecule has 34 heavy (non-hydrogen) atoms. The van der Waals surface area contributed by atoms with E-state index in [-0.39, 0.29) is 4.90 Å². The number of fused-ring (bicyclic) bond motifs is 1. The van der Waals surface area contributed by atoms with Crippen molar-refractivity contribution in [2.24, 2.45) is 0 Å². The molecule has 1 aliphatic carbocycles. The van der Waals surface area contributed by atoms with E-state index in [1.807, 2.05) is 43.3 Å². The molecule has 1 amide bonds. The van der Waals surface area contributed by atoms with Crippen molar-refractivity contribution in [3.8, 4) is 11.8 Å². The lowest BCUT2D eigenvalue weighted by Crippen LogP contribution is -2.39. The van der Waals surface area contributed by atoms with Gasteiger partial charge in [-0.2, -0.15) is 0 Å². The molecule has 0 radical (unpaired) electrons. The first-order chi connectivity index (χ1) is 16.4. The molecule has 7 heteroatoms. The van der Waals surface area contributed by atoms with Gasteiger partial charge in [0.15, 0.2) is 0 Å². The van der Waals surface area contributed by atoms with Crippen molar-refractivity contribution in [2.45, 2.75) is 43.2 Å². The van der Waals surface area contributed by atoms with Gasteiger partial charge in [0.2, 0.25) is 10.0 Å². The van der Waals surface area contributed by atoms with E-state index >= 15 is 0 Å². The van der Waals surface area contributed by atoms with Crippen LogP contribution in [0.2, 0.25) is 0 Å². The Morgan fingerprint density at radius 1 is 1.06 bits per heavy atom. The average Bonchev–Trinajstić information content (AvgIpc) is 2.85. The molecule has 0 saturated carbocycles. The number of benzene rings is 3. The van der Waals surface area contributed by atoms with Gasteiger partial charge in [0.25, 0.3) is 0 Å². The van der Waals surface area contributed by atoms with Crippen LogP contribution in [-0.4, -0.2) is 25.5 Å². The van der Waals surface area contributed by atoms with E-state index in [9.17, 15) is 18.3 Å². The Bertz CT molecular complexity index is 1340. The van der Waals surface area contributed by atoms with Crippen LogP contribution in [0.15, 0.2) is 77.7 Å². The lowest BCUT2D eigenvalue weighted by Gasteiger charge is -2.31. The number of hydrogen-bond acceptors (Lipinski definition) is 4. The van der Waals surface area contributed by atoms with Gasteiger partial charge in [0.05, 0.1) is 17.0 Å². The number of nitrogens with one attached hydrogen (secondary N) is 2. The highest BCUT2D eigenvalue weighted by Crippen LogP contribution is 2.33. The second kappa shape index (κ2) is 10.2. The fourth-order valence-electron chi connectivity index (χ4n) is 3.96. The SMILES string of the molecule is CCc1ccc(S(=O)(=O)N[C@@H]2c3cc(NC(=O)C#Cc4ccccc4)ccc3CC[C@H]2O)cc1. The van der Waals surface area contributed by atoms with Gasteiger partial charge in [-0.1, -0.05) is 49.2 Å². The van der Waals surface area contributed by atoms with Gasteiger partial charge in [-0.25, -0.2) is 13.1 Å². The van der Waals surface area contributed by atoms with Gasteiger partial charge >= 0.3 is 5.91 Å². The summed E-state index contributed by atoms with van der Waals surface area (Å²) in [6.45, 7) is 2.00. The molecular formula is C27H26N2O4S. The number of hydrogen-bond donors (Lipinski definition) is 3. The molecule has 174 valence electrons. The van der Waals surface area contributed by atoms with Crippen LogP contribution >= 0.6 is 0 Å². The second-order valence-electron chi connectivity index (χ2n) is 8.19. The summed E-state index contributed by atoms with van der Waals surface area (Å²) in [5.41, 5.74) is 3.82. The van der Waals surface area contributed by atoms with Crippen molar-refractivity contribution in [3.63, 3.8) is 0 Å². The molecule has 6 nitrogen and oxygen atoms in total. The molecule has 0 bridgehead atoms. The van der Waals surface area contributed by atoms with Crippen LogP contribution in [0.1, 0.15) is 41.6 Å². The zero-order chi connectivity index (χ0) is 24.1. The molecule has 0 fully saturated rings. The number of anilines is 1. The molecule has 0 spiro atoms. The molecular weight excluding hydrogens is 448 g/mol. The summed E-state index contributed by atoms with van der Waals surface area (Å²) in [6.07, 6.45) is 0.971. The van der Waals surface area contributed by atoms with E-state index in [0.29, 0.717) is 24.1 Å². The highest BCUT2D eigenvalue weighted by molar-refractivity contribution is 7.89. The molecule has 3 aromatic carbocycles. The predicted octanol–water partition coefficient (Wildman–Crippen LogP) is 3.57. The van der Waals surface area contributed by atoms with E-state index in [0.717, 1.165) is 23.1 Å². The molecule has 3 N–H and O–H groups in total. The van der Waals surface area contributed by atoms with Crippen molar-refractivity contribution < 1.29 is 18.3 Å². The van der Waals surface area contributed by atoms with E-state index in [2.05, 4.69) is 21.9 Å². The third kappa shape index (κ3) is 5.54. The number of aliphatic hydroxyl groups excluding tert-OH is 1. The maximum absolute atomic E-state index is 13.0. The number of carbonyl (C=O) groups excluding carboxylic acids is 1. The van der Waals surface area contributed by atoms with E-state index in [1.165, 1.54) is 0 Å². The van der Waals surface area contributed by atoms with Crippen molar-refractivity contribution in [1.82, 2.24) is 4.72 Å². The monoisotopic (exact) mass is 474 g/mol. The summed E-state index contributed by atoms with van der Waals surface area (Å²) < 4.78 is 28.7. The van der Waals surface area contributed by atoms with E-state index in [1.54, 1.807) is 36.4 Å². The Hall–Kier alpha value is -3.44. The molecule has 1 aliphatic rings. The topological polar surface area (TPSA) is 95.5 Å². The van der Waals surface area contributed by atoms with Crippen LogP contribution in [0.3, 0.4) is 0 Å². The summed E-state index contributed by atoms with van der Waals surface area (Å²) in [5.74, 6) is 4.88. The fourth-order valence-corrected chi connectivity index (χ4v) is 5.21. The zero-order valence-electron chi connectivity index (χ0n) is 18.8. The van der Waals surface area contributed by atoms with Crippen molar-refractivity contribution in [1.29, 1.82) is 0 Å². The summed E-state index contributed by atoms with van der Waals surface area (Å²) in [7, 11) is -3.86. The number of rotatable bonds is 5. The molecule has 2 atom stereocenters. The lowest BCUT2D eigenvalue weighted by molar-refractivity contribution is -0.111. The van der Waals surface area contributed by atoms with E-state index < -0.39 is 28.1 Å². The number of carbonyl (C=O) groups is 1. The molecule has 0 aromatic heterocycles. The Morgan fingerprint density at radius 3 is 2.50 bits per heavy atom. The van der Waals surface area contributed by atoms with Gasteiger partial charge in [0.1, 0.15) is 0 Å². The molecule has 3 aromatic rings. The van der Waals surface area contributed by atoms with Crippen molar-refractivity contribution in [2.75, 3.05) is 5.32 Å². The predicted molar refractivity (Wildman–Crippen MR) is 132 cm³/mol. The molecule has 0 aliphatic heterocycles. The second-order valence-corrected chi connectivity index (χ2v) is 9.90. The number of aliphatic hydroxyl groups is 1. The van der Waals surface area contributed by atoms with Gasteiger partial charge < -0.3 is 10.4 Å². The molecule has 0 saturated heterocycles. The average molecular weight is 475 g/mol. The van der Waals surface area contributed by atoms with Crippen molar-refractivity contribution in [3.05, 3.63) is 95.1 Å². The maximum Gasteiger partial charge on any atom is 0.300 e. The first-order valence-electron chi connectivity index (χ1n) is 11.2. The summed E-state index contributed by atoms with van der Waals surface area (Å²) >= 11 is 0. The quantitative estimate of drug-likeness (QED) is 0.493. The van der Waals surface area contributed by atoms with Gasteiger partial charge in [0, 0.05) is 17.2 Å². The Morgan fingerprint density at radius 2 is 1.79 bits per heavy atom. The van der Waals surface area contributed by atoms with Crippen LogP contribution in [0, 0.1) is 11.8 Å². The zero-order valence-corrected chi connectivity index (χ0v) is 19.6. The summed E-state index contributed by atoms with van der Waals surface area (Å²) in [6, 6.07) is 20.4. The minimum Gasteiger partial charge on any atom is -0.391 e. The van der Waals surface area contributed by atoms with Crippen LogP contribution in [-0.2, 0) is 27.7 Å². The fraction of sp³-hybridized carbons (Fsp3) is 0.222. The standard InChI is InChI=1S/C27H26N2O4S/c1-2-19-8-14-23(15-9-19)34(32,33)29-27-24-18-22(13-11-21(24)12-16-25(27)30)28-26(31)17-10-20-6-4-3-5-7-20/h3-9,11,13-15,18,25,27,29-30H,2,12,16H2,1H3,(H,28,31)/t25-,27-/m1/s1. The van der Waals surface area contributed by atoms with Crippen LogP contribution in [0.25, 0.3) is 0 Å². The molecule has 0 unspecified atom stereocenters. The van der Waals surface area contributed by atoms with E-state index in [4.69, 9.17) is 0 Å². The summed E-state index contributed by atoms with van der Waals surface area (Å²) in [4.78, 5) is 12.5. The van der Waals surface area contributed by atoms with Gasteiger partial charge in [-0.05, 0) is 72.4 Å². The van der Waals surface area contributed by atoms with Crippen LogP contribution < -0.4 is 10.0 Å². The van der Waals surface area contributed by atoms with Crippen molar-refractivity contribution >= 4 is 21.6 Å². The summed E-state index contributed by atoms with van der Waals surface area (Å²) in [5, 5.41) is 13.4. The Balaban J connectivity index is 1.55.